The van der Waals surface area contributed by atoms with Crippen molar-refractivity contribution in [1.82, 2.24) is 25.1 Å². The highest BCUT2D eigenvalue weighted by molar-refractivity contribution is 5.74. The first-order valence-electron chi connectivity index (χ1n) is 10.5. The van der Waals surface area contributed by atoms with Crippen molar-refractivity contribution in [1.29, 1.82) is 0 Å². The summed E-state index contributed by atoms with van der Waals surface area (Å²) in [5.74, 6) is 0.877. The topological polar surface area (TPSA) is 87.4 Å². The van der Waals surface area contributed by atoms with E-state index in [1.807, 2.05) is 11.1 Å². The zero-order valence-electron chi connectivity index (χ0n) is 16.4. The van der Waals surface area contributed by atoms with Crippen LogP contribution in [0.2, 0.25) is 0 Å². The second-order valence-corrected chi connectivity index (χ2v) is 8.36. The molecule has 2 saturated heterocycles. The smallest absolute Gasteiger partial charge is 0.317 e. The lowest BCUT2D eigenvalue weighted by Gasteiger charge is -2.47. The molecule has 0 saturated carbocycles. The number of piperidine rings is 2. The molecule has 1 aliphatic carbocycles. The van der Waals surface area contributed by atoms with Crippen LogP contribution in [0.3, 0.4) is 0 Å². The van der Waals surface area contributed by atoms with Gasteiger partial charge in [-0.2, -0.15) is 0 Å². The Labute approximate surface area is 161 Å². The predicted octanol–water partition coefficient (Wildman–Crippen LogP) is 1.82. The molecule has 0 bridgehead atoms. The van der Waals surface area contributed by atoms with Crippen LogP contribution in [-0.2, 0) is 12.8 Å². The summed E-state index contributed by atoms with van der Waals surface area (Å²) in [4.78, 5) is 25.9. The molecule has 4 rings (SSSR count). The van der Waals surface area contributed by atoms with Gasteiger partial charge in [-0.1, -0.05) is 6.92 Å². The van der Waals surface area contributed by atoms with Crippen LogP contribution >= 0.6 is 0 Å². The van der Waals surface area contributed by atoms with Crippen LogP contribution in [0.25, 0.3) is 0 Å². The molecule has 3 atom stereocenters. The largest absolute Gasteiger partial charge is 0.368 e. The molecule has 2 amide bonds. The zero-order valence-corrected chi connectivity index (χ0v) is 16.4. The van der Waals surface area contributed by atoms with E-state index >= 15 is 0 Å². The zero-order chi connectivity index (χ0) is 18.8. The van der Waals surface area contributed by atoms with Crippen molar-refractivity contribution in [2.75, 3.05) is 31.9 Å². The van der Waals surface area contributed by atoms with E-state index in [0.717, 1.165) is 70.4 Å². The average Bonchev–Trinajstić information content (AvgIpc) is 2.67. The van der Waals surface area contributed by atoms with Gasteiger partial charge in [0.2, 0.25) is 5.95 Å². The van der Waals surface area contributed by atoms with E-state index < -0.39 is 0 Å². The molecule has 3 aliphatic rings. The molecule has 0 unspecified atom stereocenters. The predicted molar refractivity (Wildman–Crippen MR) is 105 cm³/mol. The van der Waals surface area contributed by atoms with E-state index in [9.17, 15) is 4.79 Å². The second-order valence-electron chi connectivity index (χ2n) is 8.36. The highest BCUT2D eigenvalue weighted by atomic mass is 16.2. The number of nitrogens with one attached hydrogen (secondary N) is 1. The summed E-state index contributed by atoms with van der Waals surface area (Å²) in [6, 6.07) is 0.859. The SMILES string of the molecule is CCCN1C[C@@H](NC(=O)N2CCCCC2)C[C@@H]2Cc3nc(N)ncc3C[C@H]21. The fourth-order valence-electron chi connectivity index (χ4n) is 5.12. The molecule has 7 heteroatoms. The lowest BCUT2D eigenvalue weighted by atomic mass is 9.76. The van der Waals surface area contributed by atoms with Crippen molar-refractivity contribution < 1.29 is 4.79 Å². The van der Waals surface area contributed by atoms with Gasteiger partial charge in [-0.05, 0) is 63.0 Å². The van der Waals surface area contributed by atoms with Gasteiger partial charge < -0.3 is 16.0 Å². The van der Waals surface area contributed by atoms with E-state index in [1.54, 1.807) is 0 Å². The fourth-order valence-corrected chi connectivity index (χ4v) is 5.12. The average molecular weight is 373 g/mol. The maximum absolute atomic E-state index is 12.7. The molecule has 3 heterocycles. The number of fused-ring (bicyclic) bond motifs is 2. The number of hydrogen-bond acceptors (Lipinski definition) is 5. The lowest BCUT2D eigenvalue weighted by Crippen LogP contribution is -2.59. The van der Waals surface area contributed by atoms with Crippen LogP contribution in [0.4, 0.5) is 10.7 Å². The summed E-state index contributed by atoms with van der Waals surface area (Å²) in [6.07, 6.45) is 9.48. The second kappa shape index (κ2) is 8.00. The summed E-state index contributed by atoms with van der Waals surface area (Å²) in [5.41, 5.74) is 8.14. The number of nitrogens with two attached hydrogens (primary N) is 1. The number of nitrogens with zero attached hydrogens (tertiary/aromatic N) is 4. The van der Waals surface area contributed by atoms with Crippen LogP contribution in [0.1, 0.15) is 50.3 Å². The normalized spacial score (nSPS) is 28.3. The number of likely N-dealkylation sites (tertiary alicyclic amines) is 2. The van der Waals surface area contributed by atoms with Crippen molar-refractivity contribution in [2.45, 2.75) is 64.0 Å². The minimum absolute atomic E-state index is 0.123. The van der Waals surface area contributed by atoms with Crippen molar-refractivity contribution >= 4 is 12.0 Å². The van der Waals surface area contributed by atoms with Gasteiger partial charge in [0.05, 0.1) is 0 Å². The third kappa shape index (κ3) is 4.03. The molecule has 2 aliphatic heterocycles. The van der Waals surface area contributed by atoms with Crippen molar-refractivity contribution in [3.63, 3.8) is 0 Å². The molecule has 0 spiro atoms. The quantitative estimate of drug-likeness (QED) is 0.845. The number of amides is 2. The first-order valence-corrected chi connectivity index (χ1v) is 10.5. The molecule has 0 radical (unpaired) electrons. The Kier molecular flexibility index (Phi) is 5.48. The van der Waals surface area contributed by atoms with Gasteiger partial charge in [0, 0.05) is 43.6 Å². The first kappa shape index (κ1) is 18.5. The Hall–Kier alpha value is -1.89. The van der Waals surface area contributed by atoms with E-state index in [0.29, 0.717) is 17.9 Å². The minimum Gasteiger partial charge on any atom is -0.368 e. The van der Waals surface area contributed by atoms with Gasteiger partial charge in [0.25, 0.3) is 0 Å². The van der Waals surface area contributed by atoms with Crippen LogP contribution in [0, 0.1) is 5.92 Å². The highest BCUT2D eigenvalue weighted by Crippen LogP contribution is 2.34. The fraction of sp³-hybridized carbons (Fsp3) is 0.750. The van der Waals surface area contributed by atoms with Gasteiger partial charge in [0.15, 0.2) is 0 Å². The highest BCUT2D eigenvalue weighted by Gasteiger charge is 2.40. The molecule has 1 aromatic rings. The number of carbonyl (C=O) groups excluding carboxylic acids is 1. The van der Waals surface area contributed by atoms with Gasteiger partial charge >= 0.3 is 6.03 Å². The molecule has 27 heavy (non-hydrogen) atoms. The Bertz CT molecular complexity index is 674. The molecule has 0 aromatic carbocycles. The Morgan fingerprint density at radius 1 is 1.30 bits per heavy atom. The standard InChI is InChI=1S/C20H32N6O/c1-2-6-26-13-16(23-20(27)25-7-4-3-5-8-25)9-14-10-17-15(11-18(14)26)12-22-19(21)24-17/h12,14,16,18H,2-11,13H2,1H3,(H,23,27)(H2,21,22,24)/t14-,16+,18-/m1/s1. The van der Waals surface area contributed by atoms with Crippen molar-refractivity contribution in [3.05, 3.63) is 17.5 Å². The summed E-state index contributed by atoms with van der Waals surface area (Å²) < 4.78 is 0. The number of anilines is 1. The number of aromatic nitrogens is 2. The Morgan fingerprint density at radius 3 is 2.89 bits per heavy atom. The number of carbonyl (C=O) groups is 1. The molecule has 148 valence electrons. The van der Waals surface area contributed by atoms with Gasteiger partial charge in [-0.3, -0.25) is 4.90 Å². The number of hydrogen-bond donors (Lipinski definition) is 2. The Balaban J connectivity index is 1.46. The van der Waals surface area contributed by atoms with Crippen LogP contribution in [-0.4, -0.2) is 64.1 Å². The summed E-state index contributed by atoms with van der Waals surface area (Å²) in [7, 11) is 0. The third-order valence-electron chi connectivity index (χ3n) is 6.39. The lowest BCUT2D eigenvalue weighted by molar-refractivity contribution is 0.0621. The first-order chi connectivity index (χ1) is 13.1. The molecular weight excluding hydrogens is 340 g/mol. The van der Waals surface area contributed by atoms with E-state index in [-0.39, 0.29) is 12.1 Å². The molecule has 3 N–H and O–H groups in total. The summed E-state index contributed by atoms with van der Waals surface area (Å²) in [6.45, 7) is 6.04. The number of rotatable bonds is 3. The minimum atomic E-state index is 0.123. The van der Waals surface area contributed by atoms with Gasteiger partial charge in [-0.15, -0.1) is 0 Å². The maximum Gasteiger partial charge on any atom is 0.317 e. The Morgan fingerprint density at radius 2 is 2.11 bits per heavy atom. The van der Waals surface area contributed by atoms with Gasteiger partial charge in [-0.25, -0.2) is 14.8 Å². The van der Waals surface area contributed by atoms with E-state index in [2.05, 4.69) is 27.1 Å². The van der Waals surface area contributed by atoms with Crippen molar-refractivity contribution in [2.24, 2.45) is 5.92 Å². The third-order valence-corrected chi connectivity index (χ3v) is 6.39. The molecule has 7 nitrogen and oxygen atoms in total. The van der Waals surface area contributed by atoms with Crippen LogP contribution < -0.4 is 11.1 Å². The number of urea groups is 1. The van der Waals surface area contributed by atoms with E-state index in [1.165, 1.54) is 12.0 Å². The summed E-state index contributed by atoms with van der Waals surface area (Å²) in [5, 5.41) is 3.33. The van der Waals surface area contributed by atoms with Crippen LogP contribution in [0.15, 0.2) is 6.20 Å². The van der Waals surface area contributed by atoms with Crippen LogP contribution in [0.5, 0.6) is 0 Å². The summed E-state index contributed by atoms with van der Waals surface area (Å²) >= 11 is 0. The van der Waals surface area contributed by atoms with Crippen molar-refractivity contribution in [3.8, 4) is 0 Å². The maximum atomic E-state index is 12.7. The molecular formula is C20H32N6O. The number of nitrogen functional groups attached to an aromatic ring is 1. The molecule has 1 aromatic heterocycles. The molecule has 2 fully saturated rings. The van der Waals surface area contributed by atoms with E-state index in [4.69, 9.17) is 5.73 Å². The van der Waals surface area contributed by atoms with Gasteiger partial charge in [0.1, 0.15) is 0 Å². The monoisotopic (exact) mass is 372 g/mol.